The van der Waals surface area contributed by atoms with Crippen molar-refractivity contribution in [3.8, 4) is 17.1 Å². The molecule has 1 saturated carbocycles. The molecule has 0 saturated heterocycles. The maximum atomic E-state index is 12.8. The SMILES string of the molecule is COc1ccc(C)cc1NC(=O)[C@@H](C)Sc1nnc(-c2cccnc2)n1C1CC1. The van der Waals surface area contributed by atoms with E-state index in [9.17, 15) is 4.79 Å². The molecule has 1 aromatic carbocycles. The Morgan fingerprint density at radius 3 is 2.83 bits per heavy atom. The van der Waals surface area contributed by atoms with Crippen LogP contribution >= 0.6 is 11.8 Å². The number of rotatable bonds is 7. The lowest BCUT2D eigenvalue weighted by Crippen LogP contribution is -2.23. The van der Waals surface area contributed by atoms with E-state index in [-0.39, 0.29) is 11.2 Å². The van der Waals surface area contributed by atoms with Gasteiger partial charge >= 0.3 is 0 Å². The number of aromatic nitrogens is 4. The number of anilines is 1. The van der Waals surface area contributed by atoms with Gasteiger partial charge in [0.2, 0.25) is 5.91 Å². The molecule has 2 heterocycles. The van der Waals surface area contributed by atoms with Gasteiger partial charge < -0.3 is 10.1 Å². The minimum Gasteiger partial charge on any atom is -0.495 e. The van der Waals surface area contributed by atoms with Crippen LogP contribution in [-0.2, 0) is 4.79 Å². The lowest BCUT2D eigenvalue weighted by Gasteiger charge is -2.15. The number of aryl methyl sites for hydroxylation is 1. The van der Waals surface area contributed by atoms with Crippen molar-refractivity contribution in [2.75, 3.05) is 12.4 Å². The van der Waals surface area contributed by atoms with Crippen molar-refractivity contribution in [3.05, 3.63) is 48.3 Å². The van der Waals surface area contributed by atoms with Gasteiger partial charge in [-0.25, -0.2) is 0 Å². The van der Waals surface area contributed by atoms with Gasteiger partial charge in [0.15, 0.2) is 11.0 Å². The second-order valence-corrected chi connectivity index (χ2v) is 8.41. The van der Waals surface area contributed by atoms with Crippen LogP contribution in [0.25, 0.3) is 11.4 Å². The molecule has 0 unspecified atom stereocenters. The molecule has 0 bridgehead atoms. The van der Waals surface area contributed by atoms with Crippen molar-refractivity contribution >= 4 is 23.4 Å². The number of carbonyl (C=O) groups excluding carboxylic acids is 1. The van der Waals surface area contributed by atoms with E-state index in [0.29, 0.717) is 17.5 Å². The molecule has 2 aromatic heterocycles. The van der Waals surface area contributed by atoms with Crippen molar-refractivity contribution in [2.24, 2.45) is 0 Å². The molecule has 29 heavy (non-hydrogen) atoms. The Balaban J connectivity index is 1.53. The van der Waals surface area contributed by atoms with E-state index in [4.69, 9.17) is 4.74 Å². The highest BCUT2D eigenvalue weighted by Crippen LogP contribution is 2.41. The maximum Gasteiger partial charge on any atom is 0.237 e. The summed E-state index contributed by atoms with van der Waals surface area (Å²) < 4.78 is 7.49. The lowest BCUT2D eigenvalue weighted by molar-refractivity contribution is -0.115. The largest absolute Gasteiger partial charge is 0.495 e. The number of methoxy groups -OCH3 is 1. The molecule has 0 radical (unpaired) electrons. The first kappa shape index (κ1) is 19.4. The molecule has 150 valence electrons. The number of hydrogen-bond acceptors (Lipinski definition) is 6. The van der Waals surface area contributed by atoms with E-state index in [2.05, 4.69) is 25.1 Å². The van der Waals surface area contributed by atoms with Gasteiger partial charge in [0.1, 0.15) is 5.75 Å². The highest BCUT2D eigenvalue weighted by molar-refractivity contribution is 8.00. The van der Waals surface area contributed by atoms with Gasteiger partial charge in [-0.05, 0) is 56.5 Å². The summed E-state index contributed by atoms with van der Waals surface area (Å²) in [6.07, 6.45) is 5.72. The van der Waals surface area contributed by atoms with Crippen LogP contribution < -0.4 is 10.1 Å². The quantitative estimate of drug-likeness (QED) is 0.592. The molecular weight excluding hydrogens is 386 g/mol. The van der Waals surface area contributed by atoms with Gasteiger partial charge in [-0.1, -0.05) is 17.8 Å². The molecule has 3 aromatic rings. The predicted octanol–water partition coefficient (Wildman–Crippen LogP) is 4.11. The van der Waals surface area contributed by atoms with Crippen LogP contribution in [0.2, 0.25) is 0 Å². The fourth-order valence-corrected chi connectivity index (χ4v) is 4.00. The number of nitrogens with one attached hydrogen (secondary N) is 1. The first-order valence-corrected chi connectivity index (χ1v) is 10.4. The number of pyridine rings is 1. The van der Waals surface area contributed by atoms with Crippen LogP contribution in [0.15, 0.2) is 47.9 Å². The topological polar surface area (TPSA) is 81.9 Å². The third kappa shape index (κ3) is 4.27. The zero-order valence-electron chi connectivity index (χ0n) is 16.6. The summed E-state index contributed by atoms with van der Waals surface area (Å²) in [5.74, 6) is 1.34. The monoisotopic (exact) mass is 409 g/mol. The molecule has 8 heteroatoms. The average molecular weight is 410 g/mol. The van der Waals surface area contributed by atoms with E-state index >= 15 is 0 Å². The third-order valence-corrected chi connectivity index (χ3v) is 5.82. The van der Waals surface area contributed by atoms with Crippen molar-refractivity contribution in [2.45, 2.75) is 43.1 Å². The van der Waals surface area contributed by atoms with E-state index in [1.165, 1.54) is 11.8 Å². The van der Waals surface area contributed by atoms with Crippen molar-refractivity contribution in [1.29, 1.82) is 0 Å². The highest BCUT2D eigenvalue weighted by atomic mass is 32.2. The lowest BCUT2D eigenvalue weighted by atomic mass is 10.2. The second kappa shape index (κ2) is 8.24. The second-order valence-electron chi connectivity index (χ2n) is 7.10. The summed E-state index contributed by atoms with van der Waals surface area (Å²) in [6.45, 7) is 3.85. The Hall–Kier alpha value is -2.87. The summed E-state index contributed by atoms with van der Waals surface area (Å²) in [6, 6.07) is 9.96. The van der Waals surface area contributed by atoms with Crippen molar-refractivity contribution < 1.29 is 9.53 Å². The van der Waals surface area contributed by atoms with Gasteiger partial charge in [0, 0.05) is 24.0 Å². The predicted molar refractivity (Wildman–Crippen MR) is 113 cm³/mol. The van der Waals surface area contributed by atoms with Crippen LogP contribution in [0.5, 0.6) is 5.75 Å². The molecule has 7 nitrogen and oxygen atoms in total. The Kier molecular flexibility index (Phi) is 5.53. The molecule has 1 atom stereocenters. The first-order chi connectivity index (χ1) is 14.1. The number of ether oxygens (including phenoxy) is 1. The normalized spacial score (nSPS) is 14.4. The van der Waals surface area contributed by atoms with E-state index < -0.39 is 0 Å². The Labute approximate surface area is 173 Å². The van der Waals surface area contributed by atoms with Crippen LogP contribution in [0.3, 0.4) is 0 Å². The first-order valence-electron chi connectivity index (χ1n) is 9.54. The maximum absolute atomic E-state index is 12.8. The molecule has 1 N–H and O–H groups in total. The number of hydrogen-bond donors (Lipinski definition) is 1. The highest BCUT2D eigenvalue weighted by Gasteiger charge is 2.31. The summed E-state index contributed by atoms with van der Waals surface area (Å²) in [5.41, 5.74) is 2.65. The van der Waals surface area contributed by atoms with E-state index in [1.54, 1.807) is 19.5 Å². The fourth-order valence-electron chi connectivity index (χ4n) is 3.08. The minimum atomic E-state index is -0.344. The zero-order chi connectivity index (χ0) is 20.4. The van der Waals surface area contributed by atoms with Gasteiger partial charge in [0.25, 0.3) is 0 Å². The van der Waals surface area contributed by atoms with Crippen LogP contribution in [0, 0.1) is 6.92 Å². The molecule has 4 rings (SSSR count). The number of carbonyl (C=O) groups is 1. The van der Waals surface area contributed by atoms with Gasteiger partial charge in [-0.3, -0.25) is 14.3 Å². The Bertz CT molecular complexity index is 1020. The number of benzene rings is 1. The molecule has 0 spiro atoms. The molecule has 1 aliphatic rings. The van der Waals surface area contributed by atoms with Gasteiger partial charge in [-0.15, -0.1) is 10.2 Å². The molecule has 0 aliphatic heterocycles. The molecule has 1 amide bonds. The smallest absolute Gasteiger partial charge is 0.237 e. The Morgan fingerprint density at radius 1 is 1.31 bits per heavy atom. The minimum absolute atomic E-state index is 0.104. The fraction of sp³-hybridized carbons (Fsp3) is 0.333. The van der Waals surface area contributed by atoms with E-state index in [0.717, 1.165) is 34.9 Å². The summed E-state index contributed by atoms with van der Waals surface area (Å²) in [4.78, 5) is 17.0. The Morgan fingerprint density at radius 2 is 2.14 bits per heavy atom. The van der Waals surface area contributed by atoms with Gasteiger partial charge in [-0.2, -0.15) is 0 Å². The summed E-state index contributed by atoms with van der Waals surface area (Å²) in [5, 5.41) is 12.1. The zero-order valence-corrected chi connectivity index (χ0v) is 17.4. The van der Waals surface area contributed by atoms with Gasteiger partial charge in [0.05, 0.1) is 18.0 Å². The number of nitrogens with zero attached hydrogens (tertiary/aromatic N) is 4. The standard InChI is InChI=1S/C21H23N5O2S/c1-13-6-9-18(28-3)17(11-13)23-20(27)14(2)29-21-25-24-19(26(21)16-7-8-16)15-5-4-10-22-12-15/h4-6,9-12,14,16H,7-8H2,1-3H3,(H,23,27)/t14-/m1/s1. The summed E-state index contributed by atoms with van der Waals surface area (Å²) >= 11 is 1.42. The van der Waals surface area contributed by atoms with Crippen LogP contribution in [0.1, 0.15) is 31.4 Å². The third-order valence-electron chi connectivity index (χ3n) is 4.76. The molecule has 1 aliphatic carbocycles. The number of amides is 1. The van der Waals surface area contributed by atoms with Crippen LogP contribution in [-0.4, -0.2) is 38.0 Å². The van der Waals surface area contributed by atoms with Crippen molar-refractivity contribution in [3.63, 3.8) is 0 Å². The number of thioether (sulfide) groups is 1. The van der Waals surface area contributed by atoms with Crippen LogP contribution in [0.4, 0.5) is 5.69 Å². The average Bonchev–Trinajstić information content (AvgIpc) is 3.48. The van der Waals surface area contributed by atoms with Crippen molar-refractivity contribution in [1.82, 2.24) is 19.7 Å². The molecule has 1 fully saturated rings. The molecular formula is C21H23N5O2S. The summed E-state index contributed by atoms with van der Waals surface area (Å²) in [7, 11) is 1.59. The van der Waals surface area contributed by atoms with E-state index in [1.807, 2.05) is 44.2 Å².